The lowest BCUT2D eigenvalue weighted by Gasteiger charge is -2.13. The fourth-order valence-electron chi connectivity index (χ4n) is 1.32. The molecule has 0 bridgehead atoms. The standard InChI is InChI=1S/C11H15NO/c1-10(12-7-8-12)13-9-11-5-3-2-4-6-11/h2-6,10H,7-9H2,1H3. The maximum absolute atomic E-state index is 5.68. The molecular weight excluding hydrogens is 162 g/mol. The van der Waals surface area contributed by atoms with Crippen molar-refractivity contribution in [2.75, 3.05) is 13.1 Å². The largest absolute Gasteiger partial charge is 0.359 e. The number of hydrogen-bond acceptors (Lipinski definition) is 2. The summed E-state index contributed by atoms with van der Waals surface area (Å²) in [6, 6.07) is 10.3. The first-order chi connectivity index (χ1) is 6.36. The molecule has 1 aliphatic heterocycles. The van der Waals surface area contributed by atoms with E-state index in [2.05, 4.69) is 24.0 Å². The second-order valence-electron chi connectivity index (χ2n) is 3.43. The Bertz CT molecular complexity index is 256. The average molecular weight is 177 g/mol. The van der Waals surface area contributed by atoms with Crippen molar-refractivity contribution in [2.45, 2.75) is 19.8 Å². The van der Waals surface area contributed by atoms with Crippen LogP contribution in [0, 0.1) is 0 Å². The third-order valence-electron chi connectivity index (χ3n) is 2.33. The van der Waals surface area contributed by atoms with Gasteiger partial charge in [0.15, 0.2) is 0 Å². The predicted molar refractivity (Wildman–Crippen MR) is 52.3 cm³/mol. The van der Waals surface area contributed by atoms with Crippen LogP contribution in [0.15, 0.2) is 30.3 Å². The van der Waals surface area contributed by atoms with Gasteiger partial charge in [-0.25, -0.2) is 0 Å². The zero-order chi connectivity index (χ0) is 9.10. The molecule has 2 rings (SSSR count). The van der Waals surface area contributed by atoms with E-state index in [9.17, 15) is 0 Å². The van der Waals surface area contributed by atoms with Crippen LogP contribution in [0.5, 0.6) is 0 Å². The number of hydrogen-bond donors (Lipinski definition) is 0. The minimum absolute atomic E-state index is 0.278. The van der Waals surface area contributed by atoms with Crippen LogP contribution in [0.4, 0.5) is 0 Å². The van der Waals surface area contributed by atoms with Crippen molar-refractivity contribution in [1.82, 2.24) is 4.90 Å². The van der Waals surface area contributed by atoms with Crippen LogP contribution >= 0.6 is 0 Å². The van der Waals surface area contributed by atoms with E-state index < -0.39 is 0 Å². The summed E-state index contributed by atoms with van der Waals surface area (Å²) >= 11 is 0. The average Bonchev–Trinajstić information content (AvgIpc) is 2.99. The zero-order valence-corrected chi connectivity index (χ0v) is 7.94. The minimum Gasteiger partial charge on any atom is -0.359 e. The molecule has 1 unspecified atom stereocenters. The molecule has 1 heterocycles. The first-order valence-corrected chi connectivity index (χ1v) is 4.76. The van der Waals surface area contributed by atoms with E-state index in [1.54, 1.807) is 0 Å². The smallest absolute Gasteiger partial charge is 0.108 e. The normalized spacial score (nSPS) is 18.5. The lowest BCUT2D eigenvalue weighted by molar-refractivity contribution is -0.00713. The zero-order valence-electron chi connectivity index (χ0n) is 7.94. The van der Waals surface area contributed by atoms with Crippen LogP contribution in [0.25, 0.3) is 0 Å². The van der Waals surface area contributed by atoms with Crippen molar-refractivity contribution in [2.24, 2.45) is 0 Å². The van der Waals surface area contributed by atoms with Gasteiger partial charge in [0.25, 0.3) is 0 Å². The van der Waals surface area contributed by atoms with E-state index in [1.807, 2.05) is 18.2 Å². The van der Waals surface area contributed by atoms with Crippen LogP contribution in [0.3, 0.4) is 0 Å². The van der Waals surface area contributed by atoms with Gasteiger partial charge in [-0.15, -0.1) is 0 Å². The molecule has 0 aromatic heterocycles. The Morgan fingerprint density at radius 3 is 2.62 bits per heavy atom. The molecule has 0 N–H and O–H groups in total. The molecule has 70 valence electrons. The Morgan fingerprint density at radius 1 is 1.31 bits per heavy atom. The Morgan fingerprint density at radius 2 is 2.00 bits per heavy atom. The Labute approximate surface area is 79.1 Å². The van der Waals surface area contributed by atoms with Crippen LogP contribution < -0.4 is 0 Å². The van der Waals surface area contributed by atoms with E-state index in [4.69, 9.17) is 4.74 Å². The van der Waals surface area contributed by atoms with Crippen LogP contribution in [0.2, 0.25) is 0 Å². The molecule has 1 saturated heterocycles. The topological polar surface area (TPSA) is 12.2 Å². The first-order valence-electron chi connectivity index (χ1n) is 4.76. The van der Waals surface area contributed by atoms with Crippen molar-refractivity contribution in [3.8, 4) is 0 Å². The minimum atomic E-state index is 0.278. The number of ether oxygens (including phenoxy) is 1. The summed E-state index contributed by atoms with van der Waals surface area (Å²) in [7, 11) is 0. The van der Waals surface area contributed by atoms with Gasteiger partial charge in [-0.1, -0.05) is 30.3 Å². The summed E-state index contributed by atoms with van der Waals surface area (Å²) in [4.78, 5) is 2.29. The van der Waals surface area contributed by atoms with Crippen molar-refractivity contribution in [3.05, 3.63) is 35.9 Å². The van der Waals surface area contributed by atoms with Crippen molar-refractivity contribution in [3.63, 3.8) is 0 Å². The molecule has 1 fully saturated rings. The Kier molecular flexibility index (Phi) is 2.62. The second kappa shape index (κ2) is 3.90. The number of benzene rings is 1. The predicted octanol–water partition coefficient (Wildman–Crippen LogP) is 1.86. The van der Waals surface area contributed by atoms with Crippen LogP contribution in [0.1, 0.15) is 12.5 Å². The van der Waals surface area contributed by atoms with Gasteiger partial charge in [0.05, 0.1) is 6.61 Å². The van der Waals surface area contributed by atoms with E-state index >= 15 is 0 Å². The molecule has 1 aromatic rings. The third-order valence-corrected chi connectivity index (χ3v) is 2.33. The molecule has 0 spiro atoms. The molecule has 0 radical (unpaired) electrons. The highest BCUT2D eigenvalue weighted by molar-refractivity contribution is 5.13. The number of nitrogens with zero attached hydrogens (tertiary/aromatic N) is 1. The molecule has 13 heavy (non-hydrogen) atoms. The molecule has 0 saturated carbocycles. The lowest BCUT2D eigenvalue weighted by Crippen LogP contribution is -2.17. The fraction of sp³-hybridized carbons (Fsp3) is 0.455. The molecular formula is C11H15NO. The maximum atomic E-state index is 5.68. The monoisotopic (exact) mass is 177 g/mol. The lowest BCUT2D eigenvalue weighted by atomic mass is 10.2. The maximum Gasteiger partial charge on any atom is 0.108 e. The second-order valence-corrected chi connectivity index (χ2v) is 3.43. The summed E-state index contributed by atoms with van der Waals surface area (Å²) in [6.45, 7) is 5.21. The van der Waals surface area contributed by atoms with Gasteiger partial charge in [0.1, 0.15) is 6.23 Å². The highest BCUT2D eigenvalue weighted by Gasteiger charge is 2.23. The highest BCUT2D eigenvalue weighted by Crippen LogP contribution is 2.12. The number of rotatable bonds is 4. The summed E-state index contributed by atoms with van der Waals surface area (Å²) in [5.41, 5.74) is 1.25. The summed E-state index contributed by atoms with van der Waals surface area (Å²) in [5, 5.41) is 0. The summed E-state index contributed by atoms with van der Waals surface area (Å²) in [5.74, 6) is 0. The van der Waals surface area contributed by atoms with Gasteiger partial charge in [-0.3, -0.25) is 4.90 Å². The van der Waals surface area contributed by atoms with E-state index in [1.165, 1.54) is 18.7 Å². The SMILES string of the molecule is CC(OCc1ccccc1)N1CC1. The molecule has 1 atom stereocenters. The molecule has 0 amide bonds. The van der Waals surface area contributed by atoms with Gasteiger partial charge in [0, 0.05) is 13.1 Å². The van der Waals surface area contributed by atoms with Gasteiger partial charge >= 0.3 is 0 Å². The van der Waals surface area contributed by atoms with Gasteiger partial charge in [-0.2, -0.15) is 0 Å². The van der Waals surface area contributed by atoms with Gasteiger partial charge in [0.2, 0.25) is 0 Å². The molecule has 0 aliphatic carbocycles. The van der Waals surface area contributed by atoms with Crippen molar-refractivity contribution in [1.29, 1.82) is 0 Å². The summed E-state index contributed by atoms with van der Waals surface area (Å²) in [6.07, 6.45) is 0.278. The Hall–Kier alpha value is -0.860. The van der Waals surface area contributed by atoms with E-state index in [0.29, 0.717) is 0 Å². The molecule has 2 nitrogen and oxygen atoms in total. The van der Waals surface area contributed by atoms with Crippen LogP contribution in [-0.2, 0) is 11.3 Å². The van der Waals surface area contributed by atoms with Gasteiger partial charge < -0.3 is 4.74 Å². The molecule has 2 heteroatoms. The van der Waals surface area contributed by atoms with Crippen molar-refractivity contribution >= 4 is 0 Å². The highest BCUT2D eigenvalue weighted by atomic mass is 16.5. The van der Waals surface area contributed by atoms with Crippen LogP contribution in [-0.4, -0.2) is 24.2 Å². The van der Waals surface area contributed by atoms with E-state index in [-0.39, 0.29) is 6.23 Å². The van der Waals surface area contributed by atoms with Crippen molar-refractivity contribution < 1.29 is 4.74 Å². The first kappa shape index (κ1) is 8.73. The van der Waals surface area contributed by atoms with Gasteiger partial charge in [-0.05, 0) is 12.5 Å². The summed E-state index contributed by atoms with van der Waals surface area (Å²) < 4.78 is 5.68. The fourth-order valence-corrected chi connectivity index (χ4v) is 1.32. The molecule has 1 aliphatic rings. The van der Waals surface area contributed by atoms with E-state index in [0.717, 1.165) is 6.61 Å². The third kappa shape index (κ3) is 2.54. The Balaban J connectivity index is 1.78. The molecule has 1 aromatic carbocycles. The quantitative estimate of drug-likeness (QED) is 0.651.